The molecule has 156 valence electrons. The SMILES string of the molecule is COc1ccc(N2CCN(S(=O)(=O)CC(c3cccnc3)N(O)C=O)CC2)cc1. The largest absolute Gasteiger partial charge is 0.497 e. The van der Waals surface area contributed by atoms with Gasteiger partial charge in [0.25, 0.3) is 0 Å². The highest BCUT2D eigenvalue weighted by atomic mass is 32.2. The van der Waals surface area contributed by atoms with Gasteiger partial charge in [-0.25, -0.2) is 13.5 Å². The number of carbonyl (C=O) groups excluding carboxylic acids is 1. The molecule has 1 aliphatic heterocycles. The normalized spacial score (nSPS) is 16.3. The number of hydrogen-bond donors (Lipinski definition) is 1. The number of hydroxylamine groups is 2. The van der Waals surface area contributed by atoms with Crippen LogP contribution in [-0.2, 0) is 14.8 Å². The molecule has 1 aromatic carbocycles. The van der Waals surface area contributed by atoms with Crippen molar-refractivity contribution >= 4 is 22.1 Å². The van der Waals surface area contributed by atoms with E-state index in [1.165, 1.54) is 16.7 Å². The first-order valence-corrected chi connectivity index (χ1v) is 10.7. The number of ether oxygens (including phenoxy) is 1. The van der Waals surface area contributed by atoms with Crippen LogP contribution in [0.5, 0.6) is 5.75 Å². The van der Waals surface area contributed by atoms with E-state index in [2.05, 4.69) is 9.88 Å². The second kappa shape index (κ2) is 9.21. The lowest BCUT2D eigenvalue weighted by Gasteiger charge is -2.36. The number of nitrogens with zero attached hydrogens (tertiary/aromatic N) is 4. The number of carbonyl (C=O) groups is 1. The zero-order valence-corrected chi connectivity index (χ0v) is 16.9. The van der Waals surface area contributed by atoms with E-state index >= 15 is 0 Å². The van der Waals surface area contributed by atoms with E-state index in [1.807, 2.05) is 24.3 Å². The lowest BCUT2D eigenvalue weighted by molar-refractivity contribution is -0.159. The minimum Gasteiger partial charge on any atom is -0.497 e. The minimum atomic E-state index is -3.70. The highest BCUT2D eigenvalue weighted by molar-refractivity contribution is 7.89. The van der Waals surface area contributed by atoms with Crippen LogP contribution in [0.3, 0.4) is 0 Å². The number of methoxy groups -OCH3 is 1. The van der Waals surface area contributed by atoms with E-state index in [-0.39, 0.29) is 6.41 Å². The fourth-order valence-electron chi connectivity index (χ4n) is 3.29. The highest BCUT2D eigenvalue weighted by Gasteiger charge is 2.32. The van der Waals surface area contributed by atoms with Crippen LogP contribution in [0.2, 0.25) is 0 Å². The van der Waals surface area contributed by atoms with E-state index < -0.39 is 21.8 Å². The van der Waals surface area contributed by atoms with Gasteiger partial charge in [-0.3, -0.25) is 15.0 Å². The number of aromatic nitrogens is 1. The minimum absolute atomic E-state index is 0.203. The molecule has 10 heteroatoms. The third-order valence-electron chi connectivity index (χ3n) is 4.93. The standard InChI is InChI=1S/C19H24N4O5S/c1-28-18-6-4-17(5-7-18)21-9-11-22(12-10-21)29(26,27)14-19(23(25)15-24)16-3-2-8-20-13-16/h2-8,13,15,19,25H,9-12,14H2,1H3. The van der Waals surface area contributed by atoms with E-state index in [1.54, 1.807) is 19.2 Å². The van der Waals surface area contributed by atoms with Gasteiger partial charge in [-0.1, -0.05) is 6.07 Å². The zero-order valence-electron chi connectivity index (χ0n) is 16.1. The predicted octanol–water partition coefficient (Wildman–Crippen LogP) is 1.13. The molecule has 2 heterocycles. The number of amides is 1. The van der Waals surface area contributed by atoms with Gasteiger partial charge in [0.05, 0.1) is 12.9 Å². The van der Waals surface area contributed by atoms with Gasteiger partial charge in [-0.2, -0.15) is 4.31 Å². The molecule has 1 N–H and O–H groups in total. The van der Waals surface area contributed by atoms with E-state index in [9.17, 15) is 18.4 Å². The maximum Gasteiger partial charge on any atom is 0.233 e. The van der Waals surface area contributed by atoms with Crippen LogP contribution in [0.15, 0.2) is 48.8 Å². The van der Waals surface area contributed by atoms with Crippen molar-refractivity contribution in [3.63, 3.8) is 0 Å². The van der Waals surface area contributed by atoms with Crippen molar-refractivity contribution in [3.8, 4) is 5.75 Å². The summed E-state index contributed by atoms with van der Waals surface area (Å²) >= 11 is 0. The van der Waals surface area contributed by atoms with Crippen molar-refractivity contribution in [1.82, 2.24) is 14.4 Å². The van der Waals surface area contributed by atoms with Crippen LogP contribution in [0.4, 0.5) is 5.69 Å². The molecule has 1 aromatic heterocycles. The number of benzene rings is 1. The van der Waals surface area contributed by atoms with Crippen molar-refractivity contribution in [2.24, 2.45) is 0 Å². The summed E-state index contributed by atoms with van der Waals surface area (Å²) < 4.78 is 32.4. The van der Waals surface area contributed by atoms with Crippen molar-refractivity contribution in [2.75, 3.05) is 43.9 Å². The first kappa shape index (κ1) is 21.0. The van der Waals surface area contributed by atoms with Gasteiger partial charge < -0.3 is 9.64 Å². The van der Waals surface area contributed by atoms with Crippen LogP contribution in [0.25, 0.3) is 0 Å². The van der Waals surface area contributed by atoms with Gasteiger partial charge >= 0.3 is 0 Å². The molecule has 0 bridgehead atoms. The summed E-state index contributed by atoms with van der Waals surface area (Å²) in [5, 5.41) is 10.3. The first-order chi connectivity index (χ1) is 13.9. The maximum absolute atomic E-state index is 12.9. The molecule has 0 saturated carbocycles. The maximum atomic E-state index is 12.9. The Morgan fingerprint density at radius 3 is 2.45 bits per heavy atom. The Hall–Kier alpha value is -2.69. The molecule has 1 saturated heterocycles. The summed E-state index contributed by atoms with van der Waals surface area (Å²) in [6.07, 6.45) is 3.18. The van der Waals surface area contributed by atoms with Crippen LogP contribution >= 0.6 is 0 Å². The van der Waals surface area contributed by atoms with Gasteiger partial charge in [-0.15, -0.1) is 0 Å². The fourth-order valence-corrected chi connectivity index (χ4v) is 4.97. The second-order valence-electron chi connectivity index (χ2n) is 6.65. The number of pyridine rings is 1. The molecule has 1 unspecified atom stereocenters. The Morgan fingerprint density at radius 1 is 1.21 bits per heavy atom. The number of piperazine rings is 1. The summed E-state index contributed by atoms with van der Waals surface area (Å²) in [6, 6.07) is 9.84. The Bertz CT molecular complexity index is 900. The molecule has 2 aromatic rings. The summed E-state index contributed by atoms with van der Waals surface area (Å²) in [5.74, 6) is 0.344. The molecule has 0 radical (unpaired) electrons. The first-order valence-electron chi connectivity index (χ1n) is 9.14. The fraction of sp³-hybridized carbons (Fsp3) is 0.368. The van der Waals surface area contributed by atoms with Crippen molar-refractivity contribution < 1.29 is 23.2 Å². The molecule has 1 atom stereocenters. The molecular weight excluding hydrogens is 396 g/mol. The molecule has 9 nitrogen and oxygen atoms in total. The monoisotopic (exact) mass is 420 g/mol. The molecular formula is C19H24N4O5S. The molecule has 0 aliphatic carbocycles. The Kier molecular flexibility index (Phi) is 6.68. The predicted molar refractivity (Wildman–Crippen MR) is 107 cm³/mol. The van der Waals surface area contributed by atoms with Crippen LogP contribution < -0.4 is 9.64 Å². The van der Waals surface area contributed by atoms with Gasteiger partial charge in [0.1, 0.15) is 11.8 Å². The molecule has 3 rings (SSSR count). The molecule has 1 fully saturated rings. The zero-order chi connectivity index (χ0) is 20.9. The summed E-state index contributed by atoms with van der Waals surface area (Å²) in [4.78, 5) is 17.1. The topological polar surface area (TPSA) is 103 Å². The Morgan fingerprint density at radius 2 is 1.90 bits per heavy atom. The van der Waals surface area contributed by atoms with E-state index in [0.29, 0.717) is 36.8 Å². The van der Waals surface area contributed by atoms with Crippen molar-refractivity contribution in [2.45, 2.75) is 6.04 Å². The highest BCUT2D eigenvalue weighted by Crippen LogP contribution is 2.24. The second-order valence-corrected chi connectivity index (χ2v) is 8.66. The third-order valence-corrected chi connectivity index (χ3v) is 6.82. The van der Waals surface area contributed by atoms with Gasteiger partial charge in [0.15, 0.2) is 0 Å². The number of anilines is 1. The van der Waals surface area contributed by atoms with E-state index in [0.717, 1.165) is 11.4 Å². The van der Waals surface area contributed by atoms with Crippen LogP contribution in [0, 0.1) is 0 Å². The molecule has 1 amide bonds. The van der Waals surface area contributed by atoms with Gasteiger partial charge in [-0.05, 0) is 35.9 Å². The lowest BCUT2D eigenvalue weighted by atomic mass is 10.1. The lowest BCUT2D eigenvalue weighted by Crippen LogP contribution is -2.50. The Balaban J connectivity index is 1.67. The quantitative estimate of drug-likeness (QED) is 0.388. The average Bonchev–Trinajstić information content (AvgIpc) is 2.77. The van der Waals surface area contributed by atoms with E-state index in [4.69, 9.17) is 4.74 Å². The summed E-state index contributed by atoms with van der Waals surface area (Å²) in [5.41, 5.74) is 1.45. The number of sulfonamides is 1. The molecule has 1 aliphatic rings. The van der Waals surface area contributed by atoms with Crippen molar-refractivity contribution in [1.29, 1.82) is 0 Å². The smallest absolute Gasteiger partial charge is 0.233 e. The van der Waals surface area contributed by atoms with Crippen LogP contribution in [-0.4, -0.2) is 73.4 Å². The summed E-state index contributed by atoms with van der Waals surface area (Å²) in [7, 11) is -2.10. The molecule has 29 heavy (non-hydrogen) atoms. The third kappa shape index (κ3) is 5.03. The van der Waals surface area contributed by atoms with Gasteiger partial charge in [0.2, 0.25) is 16.4 Å². The Labute approximate surface area is 170 Å². The average molecular weight is 420 g/mol. The number of rotatable bonds is 8. The summed E-state index contributed by atoms with van der Waals surface area (Å²) in [6.45, 7) is 1.72. The van der Waals surface area contributed by atoms with Crippen molar-refractivity contribution in [3.05, 3.63) is 54.4 Å². The number of hydrogen-bond acceptors (Lipinski definition) is 7. The van der Waals surface area contributed by atoms with Gasteiger partial charge in [0, 0.05) is 44.3 Å². The molecule has 0 spiro atoms. The van der Waals surface area contributed by atoms with Crippen LogP contribution in [0.1, 0.15) is 11.6 Å².